The molecule has 0 unspecified atom stereocenters. The number of carbonyl (C=O) groups excluding carboxylic acids is 1. The van der Waals surface area contributed by atoms with Gasteiger partial charge in [-0.2, -0.15) is 4.37 Å². The number of hydrogen-bond donors (Lipinski definition) is 1. The molecule has 3 aliphatic heterocycles. The third-order valence-electron chi connectivity index (χ3n) is 5.30. The number of ether oxygens (including phenoxy) is 2. The number of cyclic esters (lactones) is 1. The fourth-order valence-corrected chi connectivity index (χ4v) is 4.40. The van der Waals surface area contributed by atoms with Crippen molar-refractivity contribution in [2.75, 3.05) is 36.1 Å². The van der Waals surface area contributed by atoms with Crippen LogP contribution in [0.5, 0.6) is 5.88 Å². The van der Waals surface area contributed by atoms with E-state index in [1.54, 1.807) is 12.1 Å². The Morgan fingerprint density at radius 3 is 3.07 bits per heavy atom. The first-order valence-electron chi connectivity index (χ1n) is 8.85. The predicted molar refractivity (Wildman–Crippen MR) is 97.0 cm³/mol. The second-order valence-electron chi connectivity index (χ2n) is 6.94. The standard InChI is InChI=1S/C17H18FN5O3S/c18-14-4-11(1-2-15(14)22-7-10-3-12(22)5-19-10)23-13(9-26-17(23)24)8-25-16-6-20-27-21-16/h1-2,4,6,10,12-13,19H,3,5,7-9H2/t10-,12-,13+/m0/s1. The molecule has 1 aromatic heterocycles. The lowest BCUT2D eigenvalue weighted by Gasteiger charge is -2.30. The minimum atomic E-state index is -0.503. The number of piperazine rings is 1. The molecule has 1 amide bonds. The van der Waals surface area contributed by atoms with E-state index in [-0.39, 0.29) is 25.1 Å². The lowest BCUT2D eigenvalue weighted by atomic mass is 10.2. The summed E-state index contributed by atoms with van der Waals surface area (Å²) in [5.74, 6) is 0.0710. The van der Waals surface area contributed by atoms with E-state index >= 15 is 0 Å². The van der Waals surface area contributed by atoms with Gasteiger partial charge < -0.3 is 19.7 Å². The molecule has 3 fully saturated rings. The summed E-state index contributed by atoms with van der Waals surface area (Å²) in [6, 6.07) is 5.33. The number of fused-ring (bicyclic) bond motifs is 2. The zero-order chi connectivity index (χ0) is 18.4. The number of nitrogens with one attached hydrogen (secondary N) is 1. The van der Waals surface area contributed by atoms with E-state index in [4.69, 9.17) is 9.47 Å². The average molecular weight is 391 g/mol. The lowest BCUT2D eigenvalue weighted by Crippen LogP contribution is -2.44. The van der Waals surface area contributed by atoms with Gasteiger partial charge >= 0.3 is 6.09 Å². The molecular weight excluding hydrogens is 373 g/mol. The molecule has 0 saturated carbocycles. The van der Waals surface area contributed by atoms with Crippen molar-refractivity contribution in [3.63, 3.8) is 0 Å². The van der Waals surface area contributed by atoms with Crippen LogP contribution in [0.2, 0.25) is 0 Å². The molecule has 5 rings (SSSR count). The van der Waals surface area contributed by atoms with Crippen LogP contribution in [0.15, 0.2) is 24.4 Å². The van der Waals surface area contributed by atoms with Crippen LogP contribution in [-0.4, -0.2) is 59.3 Å². The Morgan fingerprint density at radius 2 is 2.37 bits per heavy atom. The minimum absolute atomic E-state index is 0.182. The van der Waals surface area contributed by atoms with E-state index in [1.807, 2.05) is 0 Å². The number of carbonyl (C=O) groups is 1. The summed E-state index contributed by atoms with van der Waals surface area (Å²) in [6.45, 7) is 2.07. The van der Waals surface area contributed by atoms with Crippen LogP contribution in [0.4, 0.5) is 20.6 Å². The maximum Gasteiger partial charge on any atom is 0.414 e. The van der Waals surface area contributed by atoms with Crippen LogP contribution in [0.3, 0.4) is 0 Å². The first-order valence-corrected chi connectivity index (χ1v) is 9.58. The molecule has 4 heterocycles. The number of rotatable bonds is 5. The zero-order valence-corrected chi connectivity index (χ0v) is 15.2. The molecule has 3 aliphatic rings. The summed E-state index contributed by atoms with van der Waals surface area (Å²) in [4.78, 5) is 15.7. The van der Waals surface area contributed by atoms with Gasteiger partial charge in [-0.1, -0.05) is 0 Å². The van der Waals surface area contributed by atoms with Gasteiger partial charge in [0.15, 0.2) is 0 Å². The van der Waals surface area contributed by atoms with Gasteiger partial charge in [0.05, 0.1) is 23.1 Å². The van der Waals surface area contributed by atoms with Crippen LogP contribution in [-0.2, 0) is 4.74 Å². The highest BCUT2D eigenvalue weighted by Gasteiger charge is 2.39. The van der Waals surface area contributed by atoms with Crippen molar-refractivity contribution in [2.45, 2.75) is 24.5 Å². The number of nitrogens with zero attached hydrogens (tertiary/aromatic N) is 4. The van der Waals surface area contributed by atoms with Crippen LogP contribution < -0.4 is 19.9 Å². The maximum absolute atomic E-state index is 14.9. The predicted octanol–water partition coefficient (Wildman–Crippen LogP) is 1.63. The largest absolute Gasteiger partial charge is 0.474 e. The molecule has 0 aliphatic carbocycles. The van der Waals surface area contributed by atoms with Crippen molar-refractivity contribution in [2.24, 2.45) is 0 Å². The Balaban J connectivity index is 1.34. The number of aromatic nitrogens is 2. The van der Waals surface area contributed by atoms with Gasteiger partial charge in [-0.3, -0.25) is 4.90 Å². The molecule has 0 spiro atoms. The molecule has 10 heteroatoms. The third kappa shape index (κ3) is 2.98. The second kappa shape index (κ2) is 6.61. The molecule has 27 heavy (non-hydrogen) atoms. The Morgan fingerprint density at radius 1 is 1.44 bits per heavy atom. The first-order chi connectivity index (χ1) is 13.2. The lowest BCUT2D eigenvalue weighted by molar-refractivity contribution is 0.175. The average Bonchev–Trinajstić information content (AvgIpc) is 3.45. The van der Waals surface area contributed by atoms with Crippen LogP contribution >= 0.6 is 11.7 Å². The Hall–Kier alpha value is -2.46. The smallest absolute Gasteiger partial charge is 0.414 e. The summed E-state index contributed by atoms with van der Waals surface area (Å²) < 4.78 is 33.4. The summed E-state index contributed by atoms with van der Waals surface area (Å²) >= 11 is 1.04. The van der Waals surface area contributed by atoms with Crippen LogP contribution in [0.1, 0.15) is 6.42 Å². The van der Waals surface area contributed by atoms with Gasteiger partial charge in [0.2, 0.25) is 5.88 Å². The molecule has 3 atom stereocenters. The maximum atomic E-state index is 14.9. The van der Waals surface area contributed by atoms with E-state index < -0.39 is 6.09 Å². The molecule has 2 aromatic rings. The summed E-state index contributed by atoms with van der Waals surface area (Å²) in [5.41, 5.74) is 1.05. The number of halogens is 1. The normalized spacial score (nSPS) is 26.7. The van der Waals surface area contributed by atoms with Gasteiger partial charge in [-0.05, 0) is 24.6 Å². The number of amides is 1. The summed E-state index contributed by atoms with van der Waals surface area (Å²) in [5, 5.41) is 3.41. The second-order valence-corrected chi connectivity index (χ2v) is 7.50. The van der Waals surface area contributed by atoms with Crippen molar-refractivity contribution in [3.8, 4) is 5.88 Å². The molecule has 1 aromatic carbocycles. The van der Waals surface area contributed by atoms with E-state index in [0.717, 1.165) is 31.2 Å². The zero-order valence-electron chi connectivity index (χ0n) is 14.4. The SMILES string of the molecule is O=C1OC[C@@H](COc2cnsn2)N1c1ccc(N2C[C@@H]3C[C@H]2CN3)c(F)c1. The van der Waals surface area contributed by atoms with E-state index in [2.05, 4.69) is 19.0 Å². The fourth-order valence-electron chi connectivity index (χ4n) is 4.04. The molecule has 8 nitrogen and oxygen atoms in total. The van der Waals surface area contributed by atoms with Gasteiger partial charge in [-0.15, -0.1) is 4.37 Å². The van der Waals surface area contributed by atoms with Crippen LogP contribution in [0, 0.1) is 5.82 Å². The molecule has 0 radical (unpaired) electrons. The Bertz CT molecular complexity index is 851. The monoisotopic (exact) mass is 391 g/mol. The highest BCUT2D eigenvalue weighted by atomic mass is 32.1. The van der Waals surface area contributed by atoms with Gasteiger partial charge in [-0.25, -0.2) is 9.18 Å². The fraction of sp³-hybridized carbons (Fsp3) is 0.471. The van der Waals surface area contributed by atoms with Crippen LogP contribution in [0.25, 0.3) is 0 Å². The molecular formula is C17H18FN5O3S. The topological polar surface area (TPSA) is 79.8 Å². The third-order valence-corrected chi connectivity index (χ3v) is 5.76. The van der Waals surface area contributed by atoms with Crippen molar-refractivity contribution in [3.05, 3.63) is 30.2 Å². The Kier molecular flexibility index (Phi) is 4.09. The summed E-state index contributed by atoms with van der Waals surface area (Å²) in [7, 11) is 0. The van der Waals surface area contributed by atoms with Gasteiger partial charge in [0, 0.05) is 25.2 Å². The molecule has 142 valence electrons. The number of anilines is 2. The quantitative estimate of drug-likeness (QED) is 0.830. The van der Waals surface area contributed by atoms with Crippen molar-refractivity contribution >= 4 is 29.2 Å². The minimum Gasteiger partial charge on any atom is -0.474 e. The highest BCUT2D eigenvalue weighted by molar-refractivity contribution is 6.99. The summed E-state index contributed by atoms with van der Waals surface area (Å²) in [6.07, 6.45) is 2.06. The van der Waals surface area contributed by atoms with E-state index in [9.17, 15) is 9.18 Å². The molecule has 3 saturated heterocycles. The van der Waals surface area contributed by atoms with E-state index in [0.29, 0.717) is 29.3 Å². The van der Waals surface area contributed by atoms with E-state index in [1.165, 1.54) is 17.2 Å². The van der Waals surface area contributed by atoms with Crippen molar-refractivity contribution in [1.29, 1.82) is 0 Å². The Labute approximate surface area is 159 Å². The highest BCUT2D eigenvalue weighted by Crippen LogP contribution is 2.34. The van der Waals surface area contributed by atoms with Crippen molar-refractivity contribution in [1.82, 2.24) is 14.1 Å². The molecule has 1 N–H and O–H groups in total. The van der Waals surface area contributed by atoms with Gasteiger partial charge in [0.1, 0.15) is 31.3 Å². The number of benzene rings is 1. The van der Waals surface area contributed by atoms with Gasteiger partial charge in [0.25, 0.3) is 0 Å². The first kappa shape index (κ1) is 16.7. The van der Waals surface area contributed by atoms with Crippen molar-refractivity contribution < 1.29 is 18.7 Å². The number of hydrogen-bond acceptors (Lipinski definition) is 8. The molecule has 2 bridgehead atoms.